The summed E-state index contributed by atoms with van der Waals surface area (Å²) in [6.07, 6.45) is 2.91. The maximum Gasteiger partial charge on any atom is 0.251 e. The van der Waals surface area contributed by atoms with Crippen LogP contribution in [0, 0.1) is 0 Å². The molecule has 0 unspecified atom stereocenters. The van der Waals surface area contributed by atoms with Crippen molar-refractivity contribution < 1.29 is 9.53 Å². The first-order valence-corrected chi connectivity index (χ1v) is 9.52. The first kappa shape index (κ1) is 21.4. The van der Waals surface area contributed by atoms with E-state index in [-0.39, 0.29) is 5.91 Å². The lowest BCUT2D eigenvalue weighted by Gasteiger charge is -2.12. The summed E-state index contributed by atoms with van der Waals surface area (Å²) in [6.45, 7) is 5.81. The predicted molar refractivity (Wildman–Crippen MR) is 106 cm³/mol. The molecule has 6 nitrogen and oxygen atoms in total. The molecule has 0 bridgehead atoms. The molecule has 0 spiro atoms. The van der Waals surface area contributed by atoms with E-state index in [2.05, 4.69) is 36.9 Å². The minimum Gasteiger partial charge on any atom is -0.382 e. The highest BCUT2D eigenvalue weighted by Gasteiger charge is 2.04. The molecule has 1 aromatic rings. The quantitative estimate of drug-likeness (QED) is 0.296. The number of nitrogens with zero attached hydrogens (tertiary/aromatic N) is 1. The van der Waals surface area contributed by atoms with Gasteiger partial charge in [0, 0.05) is 49.9 Å². The number of guanidine groups is 1. The summed E-state index contributed by atoms with van der Waals surface area (Å²) in [6, 6.07) is 7.36. The van der Waals surface area contributed by atoms with Gasteiger partial charge in [0.2, 0.25) is 0 Å². The number of aliphatic imine (C=N–C) groups is 1. The van der Waals surface area contributed by atoms with Crippen LogP contribution in [0.2, 0.25) is 0 Å². The van der Waals surface area contributed by atoms with E-state index in [0.717, 1.165) is 56.0 Å². The minimum absolute atomic E-state index is 0.0573. The first-order chi connectivity index (χ1) is 12.2. The van der Waals surface area contributed by atoms with E-state index < -0.39 is 0 Å². The number of carbonyl (C=O) groups excluding carboxylic acids is 1. The van der Waals surface area contributed by atoms with Crippen molar-refractivity contribution in [2.75, 3.05) is 39.9 Å². The van der Waals surface area contributed by atoms with Crippen LogP contribution in [0.5, 0.6) is 0 Å². The van der Waals surface area contributed by atoms with Crippen LogP contribution in [0.25, 0.3) is 0 Å². The van der Waals surface area contributed by atoms with Crippen molar-refractivity contribution in [3.05, 3.63) is 34.3 Å². The van der Waals surface area contributed by atoms with Crippen molar-refractivity contribution in [1.29, 1.82) is 0 Å². The average Bonchev–Trinajstić information content (AvgIpc) is 2.62. The van der Waals surface area contributed by atoms with Gasteiger partial charge < -0.3 is 20.7 Å². The molecule has 0 aliphatic carbocycles. The van der Waals surface area contributed by atoms with Crippen molar-refractivity contribution in [3.63, 3.8) is 0 Å². The molecule has 0 saturated heterocycles. The Morgan fingerprint density at radius 1 is 1.12 bits per heavy atom. The highest BCUT2D eigenvalue weighted by atomic mass is 79.9. The van der Waals surface area contributed by atoms with Crippen LogP contribution in [0.3, 0.4) is 0 Å². The van der Waals surface area contributed by atoms with Crippen molar-refractivity contribution >= 4 is 27.8 Å². The molecule has 7 heteroatoms. The summed E-state index contributed by atoms with van der Waals surface area (Å²) in [5, 5.41) is 9.43. The number of amides is 1. The lowest BCUT2D eigenvalue weighted by molar-refractivity contribution is 0.0953. The molecule has 0 radical (unpaired) electrons. The monoisotopic (exact) mass is 412 g/mol. The number of rotatable bonds is 11. The van der Waals surface area contributed by atoms with Gasteiger partial charge in [-0.1, -0.05) is 22.0 Å². The van der Waals surface area contributed by atoms with Gasteiger partial charge in [0.15, 0.2) is 5.96 Å². The van der Waals surface area contributed by atoms with E-state index in [0.29, 0.717) is 12.1 Å². The molecule has 0 heterocycles. The fourth-order valence-electron chi connectivity index (χ4n) is 2.13. The van der Waals surface area contributed by atoms with E-state index in [4.69, 9.17) is 4.74 Å². The third-order valence-electron chi connectivity index (χ3n) is 3.45. The van der Waals surface area contributed by atoms with Crippen molar-refractivity contribution in [3.8, 4) is 0 Å². The van der Waals surface area contributed by atoms with Crippen LogP contribution in [0.4, 0.5) is 0 Å². The number of benzene rings is 1. The fraction of sp³-hybridized carbons (Fsp3) is 0.556. The zero-order valence-electron chi connectivity index (χ0n) is 15.1. The Morgan fingerprint density at radius 3 is 2.52 bits per heavy atom. The standard InChI is InChI=1S/C18H29BrN4O2/c1-3-25-13-5-4-10-22-18(20-2)23-12-7-11-21-17(24)15-8-6-9-16(19)14-15/h6,8-9,14H,3-5,7,10-13H2,1-2H3,(H,21,24)(H2,20,22,23). The number of unbranched alkanes of at least 4 members (excludes halogenated alkanes) is 1. The predicted octanol–water partition coefficient (Wildman–Crippen LogP) is 2.55. The second-order valence-electron chi connectivity index (χ2n) is 5.45. The first-order valence-electron chi connectivity index (χ1n) is 8.73. The third kappa shape index (κ3) is 10.1. The van der Waals surface area contributed by atoms with E-state index in [9.17, 15) is 4.79 Å². The Balaban J connectivity index is 2.10. The summed E-state index contributed by atoms with van der Waals surface area (Å²) in [5.41, 5.74) is 0.659. The minimum atomic E-state index is -0.0573. The molecule has 140 valence electrons. The van der Waals surface area contributed by atoms with Gasteiger partial charge in [0.05, 0.1) is 0 Å². The normalized spacial score (nSPS) is 11.2. The number of hydrogen-bond acceptors (Lipinski definition) is 3. The second kappa shape index (κ2) is 13.7. The molecule has 3 N–H and O–H groups in total. The van der Waals surface area contributed by atoms with Gasteiger partial charge in [-0.05, 0) is 44.4 Å². The highest BCUT2D eigenvalue weighted by Crippen LogP contribution is 2.11. The molecular formula is C18H29BrN4O2. The van der Waals surface area contributed by atoms with E-state index in [1.165, 1.54) is 0 Å². The Bertz CT molecular complexity index is 538. The second-order valence-corrected chi connectivity index (χ2v) is 6.37. The Morgan fingerprint density at radius 2 is 1.84 bits per heavy atom. The van der Waals surface area contributed by atoms with Gasteiger partial charge >= 0.3 is 0 Å². The van der Waals surface area contributed by atoms with Gasteiger partial charge in [-0.15, -0.1) is 0 Å². The third-order valence-corrected chi connectivity index (χ3v) is 3.95. The zero-order chi connectivity index (χ0) is 18.3. The Kier molecular flexibility index (Phi) is 11.7. The molecule has 0 atom stereocenters. The van der Waals surface area contributed by atoms with Crippen LogP contribution >= 0.6 is 15.9 Å². The number of carbonyl (C=O) groups is 1. The molecule has 0 fully saturated rings. The average molecular weight is 413 g/mol. The Labute approximate surface area is 158 Å². The van der Waals surface area contributed by atoms with E-state index in [1.54, 1.807) is 13.1 Å². The maximum absolute atomic E-state index is 12.0. The van der Waals surface area contributed by atoms with Crippen molar-refractivity contribution in [2.45, 2.75) is 26.2 Å². The summed E-state index contributed by atoms with van der Waals surface area (Å²) < 4.78 is 6.21. The van der Waals surface area contributed by atoms with Gasteiger partial charge in [0.1, 0.15) is 0 Å². The number of hydrogen-bond donors (Lipinski definition) is 3. The summed E-state index contributed by atoms with van der Waals surface area (Å²) in [5.74, 6) is 0.729. The molecule has 0 aliphatic rings. The van der Waals surface area contributed by atoms with Gasteiger partial charge in [-0.2, -0.15) is 0 Å². The highest BCUT2D eigenvalue weighted by molar-refractivity contribution is 9.10. The van der Waals surface area contributed by atoms with Gasteiger partial charge in [-0.25, -0.2) is 0 Å². The topological polar surface area (TPSA) is 74.8 Å². The van der Waals surface area contributed by atoms with Crippen LogP contribution in [-0.4, -0.2) is 51.8 Å². The van der Waals surface area contributed by atoms with E-state index in [1.807, 2.05) is 25.1 Å². The molecule has 0 aromatic heterocycles. The van der Waals surface area contributed by atoms with Gasteiger partial charge in [0.25, 0.3) is 5.91 Å². The fourth-order valence-corrected chi connectivity index (χ4v) is 2.53. The number of nitrogens with one attached hydrogen (secondary N) is 3. The lowest BCUT2D eigenvalue weighted by atomic mass is 10.2. The molecule has 0 aliphatic heterocycles. The van der Waals surface area contributed by atoms with Crippen LogP contribution in [0.1, 0.15) is 36.5 Å². The summed E-state index contributed by atoms with van der Waals surface area (Å²) in [7, 11) is 1.75. The van der Waals surface area contributed by atoms with Crippen molar-refractivity contribution in [1.82, 2.24) is 16.0 Å². The maximum atomic E-state index is 12.0. The van der Waals surface area contributed by atoms with Crippen LogP contribution in [-0.2, 0) is 4.74 Å². The number of ether oxygens (including phenoxy) is 1. The van der Waals surface area contributed by atoms with Crippen LogP contribution in [0.15, 0.2) is 33.7 Å². The molecule has 0 saturated carbocycles. The zero-order valence-corrected chi connectivity index (χ0v) is 16.7. The molecular weight excluding hydrogens is 384 g/mol. The molecule has 25 heavy (non-hydrogen) atoms. The molecule has 1 aromatic carbocycles. The SMILES string of the molecule is CCOCCCCNC(=NC)NCCCNC(=O)c1cccc(Br)c1. The lowest BCUT2D eigenvalue weighted by Crippen LogP contribution is -2.39. The smallest absolute Gasteiger partial charge is 0.251 e. The largest absolute Gasteiger partial charge is 0.382 e. The summed E-state index contributed by atoms with van der Waals surface area (Å²) >= 11 is 3.37. The van der Waals surface area contributed by atoms with Crippen LogP contribution < -0.4 is 16.0 Å². The molecule has 1 amide bonds. The summed E-state index contributed by atoms with van der Waals surface area (Å²) in [4.78, 5) is 16.2. The number of halogens is 1. The van der Waals surface area contributed by atoms with Crippen molar-refractivity contribution in [2.24, 2.45) is 4.99 Å². The van der Waals surface area contributed by atoms with Gasteiger partial charge in [-0.3, -0.25) is 9.79 Å². The molecule has 1 rings (SSSR count). The van der Waals surface area contributed by atoms with E-state index >= 15 is 0 Å². The Hall–Kier alpha value is -1.60.